The summed E-state index contributed by atoms with van der Waals surface area (Å²) >= 11 is 0. The molecule has 3 aromatic carbocycles. The van der Waals surface area contributed by atoms with Crippen LogP contribution < -0.4 is 11.1 Å². The Labute approximate surface area is 262 Å². The summed E-state index contributed by atoms with van der Waals surface area (Å²) in [7, 11) is 0. The van der Waals surface area contributed by atoms with Crippen LogP contribution in [-0.2, 0) is 0 Å². The minimum Gasteiger partial charge on any atom is -0.267 e. The highest BCUT2D eigenvalue weighted by Crippen LogP contribution is 2.22. The van der Waals surface area contributed by atoms with Crippen molar-refractivity contribution in [2.45, 2.75) is 0 Å². The smallest absolute Gasteiger partial charge is 0.267 e. The first-order chi connectivity index (χ1) is 22.6. The molecule has 0 aliphatic heterocycles. The van der Waals surface area contributed by atoms with Gasteiger partial charge < -0.3 is 0 Å². The molecule has 7 aromatic rings. The van der Waals surface area contributed by atoms with Crippen LogP contribution in [0.5, 0.6) is 0 Å². The molecule has 0 amide bonds. The van der Waals surface area contributed by atoms with Gasteiger partial charge in [-0.3, -0.25) is 9.59 Å². The molecule has 1 N–H and O–H groups in total. The number of nitrogens with one attached hydrogen (secondary N) is 1. The first-order valence-corrected chi connectivity index (χ1v) is 14.0. The number of aromatic amines is 1. The molecule has 0 aliphatic carbocycles. The Balaban J connectivity index is 0.000000172. The lowest BCUT2D eigenvalue weighted by Gasteiger charge is -2.11. The summed E-state index contributed by atoms with van der Waals surface area (Å²) in [5, 5.41) is 20.3. The Morgan fingerprint density at radius 2 is 1.13 bits per heavy atom. The Morgan fingerprint density at radius 1 is 0.609 bits per heavy atom. The topological polar surface area (TPSA) is 156 Å². The molecule has 11 heteroatoms. The van der Waals surface area contributed by atoms with Gasteiger partial charge in [-0.05, 0) is 47.5 Å². The number of nitrogens with zero attached hydrogens (tertiary/aromatic N) is 8. The van der Waals surface area contributed by atoms with E-state index in [0.29, 0.717) is 45.4 Å². The second-order valence-corrected chi connectivity index (χ2v) is 9.66. The lowest BCUT2D eigenvalue weighted by Crippen LogP contribution is -2.24. The molecule has 7 rings (SSSR count). The zero-order valence-corrected chi connectivity index (χ0v) is 24.1. The second-order valence-electron chi connectivity index (χ2n) is 9.66. The normalized spacial score (nSPS) is 10.3. The molecular formula is C35H23N9O2. The maximum Gasteiger partial charge on any atom is 0.279 e. The van der Waals surface area contributed by atoms with Crippen LogP contribution in [0.2, 0.25) is 0 Å². The maximum atomic E-state index is 13.2. The van der Waals surface area contributed by atoms with Gasteiger partial charge in [0.1, 0.15) is 17.5 Å². The van der Waals surface area contributed by atoms with Gasteiger partial charge in [0.25, 0.3) is 11.1 Å². The molecular weight excluding hydrogens is 578 g/mol. The maximum absolute atomic E-state index is 13.2. The van der Waals surface area contributed by atoms with Gasteiger partial charge >= 0.3 is 0 Å². The van der Waals surface area contributed by atoms with Crippen LogP contribution in [0.1, 0.15) is 5.56 Å². The fourth-order valence-electron chi connectivity index (χ4n) is 4.56. The van der Waals surface area contributed by atoms with Crippen LogP contribution in [0.15, 0.2) is 144 Å². The molecule has 0 fully saturated rings. The Hall–Kier alpha value is -6.93. The average molecular weight is 602 g/mol. The van der Waals surface area contributed by atoms with Gasteiger partial charge in [0.05, 0.1) is 22.4 Å². The molecule has 0 radical (unpaired) electrons. The number of H-pyrrole nitrogens is 1. The molecule has 0 unspecified atom stereocenters. The molecule has 4 aromatic heterocycles. The Morgan fingerprint density at radius 3 is 1.74 bits per heavy atom. The number of benzene rings is 3. The van der Waals surface area contributed by atoms with Crippen LogP contribution in [0, 0.1) is 11.3 Å². The van der Waals surface area contributed by atoms with Gasteiger partial charge in [-0.15, -0.1) is 0 Å². The van der Waals surface area contributed by atoms with E-state index < -0.39 is 0 Å². The van der Waals surface area contributed by atoms with Crippen molar-refractivity contribution < 1.29 is 0 Å². The fraction of sp³-hybridized carbons (Fsp3) is 0. The van der Waals surface area contributed by atoms with Crippen LogP contribution in [0.3, 0.4) is 0 Å². The summed E-state index contributed by atoms with van der Waals surface area (Å²) in [6.07, 6.45) is 6.50. The van der Waals surface area contributed by atoms with E-state index in [1.54, 1.807) is 73.3 Å². The van der Waals surface area contributed by atoms with Gasteiger partial charge in [0.15, 0.2) is 11.6 Å². The van der Waals surface area contributed by atoms with Gasteiger partial charge in [0.2, 0.25) is 0 Å². The minimum absolute atomic E-state index is 0.231. The van der Waals surface area contributed by atoms with Crippen LogP contribution in [-0.4, -0.2) is 39.9 Å². The van der Waals surface area contributed by atoms with E-state index in [-0.39, 0.29) is 11.1 Å². The van der Waals surface area contributed by atoms with E-state index in [1.807, 2.05) is 60.7 Å². The van der Waals surface area contributed by atoms with Gasteiger partial charge in [0, 0.05) is 24.8 Å². The first kappa shape index (κ1) is 29.2. The third kappa shape index (κ3) is 6.36. The van der Waals surface area contributed by atoms with Gasteiger partial charge in [-0.25, -0.2) is 25.0 Å². The number of rotatable bonds is 5. The molecule has 0 spiro atoms. The van der Waals surface area contributed by atoms with Crippen LogP contribution in [0.4, 0.5) is 0 Å². The van der Waals surface area contributed by atoms with Gasteiger partial charge in [-0.1, -0.05) is 72.8 Å². The van der Waals surface area contributed by atoms with E-state index >= 15 is 0 Å². The molecule has 0 bridgehead atoms. The summed E-state index contributed by atoms with van der Waals surface area (Å²) in [4.78, 5) is 41.7. The number of para-hydroxylation sites is 1. The van der Waals surface area contributed by atoms with E-state index in [1.165, 1.54) is 4.68 Å². The predicted molar refractivity (Wildman–Crippen MR) is 172 cm³/mol. The second kappa shape index (κ2) is 13.6. The highest BCUT2D eigenvalue weighted by Gasteiger charge is 2.16. The van der Waals surface area contributed by atoms with Crippen molar-refractivity contribution in [1.29, 1.82) is 5.26 Å². The lowest BCUT2D eigenvalue weighted by molar-refractivity contribution is 0.808. The number of hydrogen-bond donors (Lipinski definition) is 1. The predicted octanol–water partition coefficient (Wildman–Crippen LogP) is 5.12. The highest BCUT2D eigenvalue weighted by molar-refractivity contribution is 5.68. The van der Waals surface area contributed by atoms with Crippen molar-refractivity contribution in [2.75, 3.05) is 0 Å². The SMILES string of the molecule is N#Cc1ccccc1-n1nc(-c2ncccn2)cc(-c2ccccc2)c1=O.O=c1[nH]nc(-c2ncccn2)cc1-c1ccccc1. The van der Waals surface area contributed by atoms with E-state index in [9.17, 15) is 14.9 Å². The summed E-state index contributed by atoms with van der Waals surface area (Å²) < 4.78 is 1.24. The van der Waals surface area contributed by atoms with E-state index in [2.05, 4.69) is 41.3 Å². The number of aromatic nitrogens is 8. The molecule has 4 heterocycles. The zero-order chi connectivity index (χ0) is 31.7. The summed E-state index contributed by atoms with van der Waals surface area (Å²) in [6, 6.07) is 34.5. The molecule has 0 atom stereocenters. The summed E-state index contributed by atoms with van der Waals surface area (Å²) in [6.45, 7) is 0. The monoisotopic (exact) mass is 601 g/mol. The largest absolute Gasteiger partial charge is 0.279 e. The third-order valence-electron chi connectivity index (χ3n) is 6.73. The molecule has 11 nitrogen and oxygen atoms in total. The van der Waals surface area contributed by atoms with Crippen molar-refractivity contribution in [3.63, 3.8) is 0 Å². The molecule has 220 valence electrons. The lowest BCUT2D eigenvalue weighted by atomic mass is 10.1. The summed E-state index contributed by atoms with van der Waals surface area (Å²) in [5.41, 5.74) is 3.82. The van der Waals surface area contributed by atoms with Gasteiger partial charge in [-0.2, -0.15) is 20.1 Å². The van der Waals surface area contributed by atoms with Crippen LogP contribution >= 0.6 is 0 Å². The van der Waals surface area contributed by atoms with Crippen molar-refractivity contribution >= 4 is 0 Å². The van der Waals surface area contributed by atoms with Crippen molar-refractivity contribution in [2.24, 2.45) is 0 Å². The fourth-order valence-corrected chi connectivity index (χ4v) is 4.56. The van der Waals surface area contributed by atoms with E-state index in [0.717, 1.165) is 11.1 Å². The number of nitriles is 1. The quantitative estimate of drug-likeness (QED) is 0.283. The van der Waals surface area contributed by atoms with Crippen molar-refractivity contribution in [3.05, 3.63) is 160 Å². The molecule has 0 aliphatic rings. The van der Waals surface area contributed by atoms with Crippen LogP contribution in [0.25, 0.3) is 51.0 Å². The Kier molecular flexibility index (Phi) is 8.61. The van der Waals surface area contributed by atoms with E-state index in [4.69, 9.17) is 0 Å². The Bertz CT molecular complexity index is 2250. The minimum atomic E-state index is -0.316. The first-order valence-electron chi connectivity index (χ1n) is 14.0. The molecule has 0 saturated carbocycles. The summed E-state index contributed by atoms with van der Waals surface area (Å²) in [5.74, 6) is 0.883. The highest BCUT2D eigenvalue weighted by atomic mass is 16.1. The third-order valence-corrected chi connectivity index (χ3v) is 6.73. The van der Waals surface area contributed by atoms with Crippen molar-refractivity contribution in [1.82, 2.24) is 39.9 Å². The molecule has 0 saturated heterocycles. The van der Waals surface area contributed by atoms with Crippen molar-refractivity contribution in [3.8, 4) is 57.0 Å². The number of hydrogen-bond acceptors (Lipinski definition) is 9. The molecule has 46 heavy (non-hydrogen) atoms. The standard InChI is InChI=1S/C21H13N5O.C14H10N4O/c22-14-16-9-4-5-10-19(16)26-21(27)17(15-7-2-1-3-8-15)13-18(25-26)20-23-11-6-12-24-20;19-14-11(10-5-2-1-3-6-10)9-12(17-18-14)13-15-7-4-8-16-13/h1-13H;1-9H,(H,18,19). The zero-order valence-electron chi connectivity index (χ0n) is 24.1. The average Bonchev–Trinajstić information content (AvgIpc) is 3.13.